The Balaban J connectivity index is 2.22. The van der Waals surface area contributed by atoms with Gasteiger partial charge in [-0.1, -0.05) is 18.2 Å². The number of nitrogens with one attached hydrogen (secondary N) is 1. The minimum Gasteiger partial charge on any atom is -0.309 e. The van der Waals surface area contributed by atoms with Gasteiger partial charge in [0.05, 0.1) is 6.04 Å². The Kier molecular flexibility index (Phi) is 3.69. The van der Waals surface area contributed by atoms with E-state index < -0.39 is 23.5 Å². The molecule has 1 aromatic heterocycles. The van der Waals surface area contributed by atoms with E-state index in [1.54, 1.807) is 7.05 Å². The van der Waals surface area contributed by atoms with Gasteiger partial charge < -0.3 is 5.32 Å². The highest BCUT2D eigenvalue weighted by Gasteiger charge is 2.23. The maximum atomic E-state index is 14.0. The molecule has 0 aliphatic heterocycles. The largest absolute Gasteiger partial charge is 0.309 e. The Bertz CT molecular complexity index is 774. The molecule has 21 heavy (non-hydrogen) atoms. The molecule has 0 amide bonds. The fraction of sp³-hybridized carbons (Fsp3) is 0.125. The van der Waals surface area contributed by atoms with E-state index in [9.17, 15) is 13.2 Å². The number of hydrogen-bond acceptors (Lipinski definition) is 2. The summed E-state index contributed by atoms with van der Waals surface area (Å²) in [6, 6.07) is 8.30. The van der Waals surface area contributed by atoms with E-state index in [1.807, 2.05) is 29.6 Å². The molecular weight excluding hydrogens is 295 g/mol. The van der Waals surface area contributed by atoms with Gasteiger partial charge in [0.25, 0.3) is 0 Å². The minimum atomic E-state index is -0.919. The summed E-state index contributed by atoms with van der Waals surface area (Å²) < 4.78 is 42.1. The lowest BCUT2D eigenvalue weighted by Gasteiger charge is -2.19. The quantitative estimate of drug-likeness (QED) is 0.744. The van der Waals surface area contributed by atoms with Gasteiger partial charge in [-0.15, -0.1) is 11.3 Å². The number of thiophene rings is 1. The summed E-state index contributed by atoms with van der Waals surface area (Å²) in [5, 5.41) is 5.87. The second-order valence-electron chi connectivity index (χ2n) is 4.69. The van der Waals surface area contributed by atoms with Gasteiger partial charge >= 0.3 is 0 Å². The zero-order valence-corrected chi connectivity index (χ0v) is 12.0. The first-order valence-corrected chi connectivity index (χ1v) is 7.27. The van der Waals surface area contributed by atoms with E-state index in [0.29, 0.717) is 12.1 Å². The average molecular weight is 307 g/mol. The second kappa shape index (κ2) is 5.50. The molecule has 2 aromatic carbocycles. The van der Waals surface area contributed by atoms with Crippen LogP contribution in [0.2, 0.25) is 0 Å². The third-order valence-electron chi connectivity index (χ3n) is 3.44. The summed E-state index contributed by atoms with van der Waals surface area (Å²) in [7, 11) is 1.62. The molecule has 3 rings (SSSR count). The third kappa shape index (κ3) is 2.43. The molecule has 5 heteroatoms. The second-order valence-corrected chi connectivity index (χ2v) is 5.61. The van der Waals surface area contributed by atoms with Crippen molar-refractivity contribution in [3.63, 3.8) is 0 Å². The molecular formula is C16H12F3NS. The summed E-state index contributed by atoms with van der Waals surface area (Å²) >= 11 is 1.51. The van der Waals surface area contributed by atoms with Gasteiger partial charge in [0, 0.05) is 22.4 Å². The fourth-order valence-corrected chi connectivity index (χ4v) is 3.47. The monoisotopic (exact) mass is 307 g/mol. The number of halogens is 3. The van der Waals surface area contributed by atoms with Crippen LogP contribution in [0.5, 0.6) is 0 Å². The zero-order valence-electron chi connectivity index (χ0n) is 11.2. The van der Waals surface area contributed by atoms with Crippen LogP contribution in [0.25, 0.3) is 10.1 Å². The van der Waals surface area contributed by atoms with Crippen molar-refractivity contribution in [3.8, 4) is 0 Å². The summed E-state index contributed by atoms with van der Waals surface area (Å²) in [6.07, 6.45) is 0. The van der Waals surface area contributed by atoms with Crippen LogP contribution in [-0.4, -0.2) is 7.05 Å². The highest BCUT2D eigenvalue weighted by Crippen LogP contribution is 2.34. The van der Waals surface area contributed by atoms with Gasteiger partial charge in [0.15, 0.2) is 0 Å². The highest BCUT2D eigenvalue weighted by molar-refractivity contribution is 7.17. The van der Waals surface area contributed by atoms with Crippen molar-refractivity contribution in [1.29, 1.82) is 0 Å². The van der Waals surface area contributed by atoms with E-state index in [4.69, 9.17) is 0 Å². The molecule has 0 spiro atoms. The van der Waals surface area contributed by atoms with Crippen molar-refractivity contribution >= 4 is 21.4 Å². The molecule has 0 saturated heterocycles. The summed E-state index contributed by atoms with van der Waals surface area (Å²) in [4.78, 5) is 0. The number of fused-ring (bicyclic) bond motifs is 1. The summed E-state index contributed by atoms with van der Waals surface area (Å²) in [6.45, 7) is 0. The van der Waals surface area contributed by atoms with Crippen molar-refractivity contribution in [1.82, 2.24) is 5.32 Å². The van der Waals surface area contributed by atoms with Gasteiger partial charge in [-0.05, 0) is 29.4 Å². The lowest BCUT2D eigenvalue weighted by Crippen LogP contribution is -2.20. The molecule has 1 N–H and O–H groups in total. The molecule has 1 heterocycles. The molecule has 1 atom stereocenters. The molecule has 3 aromatic rings. The minimum absolute atomic E-state index is 0.167. The first kappa shape index (κ1) is 14.1. The van der Waals surface area contributed by atoms with E-state index in [-0.39, 0.29) is 5.56 Å². The van der Waals surface area contributed by atoms with Crippen LogP contribution < -0.4 is 5.32 Å². The topological polar surface area (TPSA) is 12.0 Å². The molecule has 108 valence electrons. The van der Waals surface area contributed by atoms with Gasteiger partial charge in [-0.2, -0.15) is 0 Å². The molecule has 0 radical (unpaired) electrons. The predicted octanol–water partition coefficient (Wildman–Crippen LogP) is 4.63. The summed E-state index contributed by atoms with van der Waals surface area (Å²) in [5.41, 5.74) is 0.606. The molecule has 1 nitrogen and oxygen atoms in total. The van der Waals surface area contributed by atoms with Crippen molar-refractivity contribution in [3.05, 3.63) is 70.4 Å². The van der Waals surface area contributed by atoms with Gasteiger partial charge in [0.1, 0.15) is 17.5 Å². The molecule has 0 saturated carbocycles. The Labute approximate surface area is 124 Å². The van der Waals surface area contributed by atoms with E-state index >= 15 is 0 Å². The maximum absolute atomic E-state index is 14.0. The third-order valence-corrected chi connectivity index (χ3v) is 4.42. The smallest absolute Gasteiger partial charge is 0.134 e. The van der Waals surface area contributed by atoms with Crippen molar-refractivity contribution in [2.45, 2.75) is 6.04 Å². The Morgan fingerprint density at radius 1 is 1.05 bits per heavy atom. The number of hydrogen-bond donors (Lipinski definition) is 1. The Morgan fingerprint density at radius 2 is 1.76 bits per heavy atom. The van der Waals surface area contributed by atoms with E-state index in [2.05, 4.69) is 5.32 Å². The molecule has 1 unspecified atom stereocenters. The lowest BCUT2D eigenvalue weighted by atomic mass is 9.97. The van der Waals surface area contributed by atoms with Crippen molar-refractivity contribution in [2.24, 2.45) is 0 Å². The zero-order chi connectivity index (χ0) is 15.0. The van der Waals surface area contributed by atoms with Crippen molar-refractivity contribution in [2.75, 3.05) is 7.05 Å². The van der Waals surface area contributed by atoms with Crippen LogP contribution in [0.1, 0.15) is 17.2 Å². The standard InChI is InChI=1S/C16H12F3NS/c1-20-15(14-12(18)7-10(17)8-13(14)19)11-4-2-3-9-5-6-21-16(9)11/h2-8,15,20H,1H3. The molecule has 0 aliphatic rings. The van der Waals surface area contributed by atoms with Crippen LogP contribution >= 0.6 is 11.3 Å². The Hall–Kier alpha value is -1.85. The fourth-order valence-electron chi connectivity index (χ4n) is 2.53. The van der Waals surface area contributed by atoms with Gasteiger partial charge in [0.2, 0.25) is 0 Å². The van der Waals surface area contributed by atoms with Gasteiger partial charge in [-0.3, -0.25) is 0 Å². The van der Waals surface area contributed by atoms with E-state index in [0.717, 1.165) is 15.6 Å². The SMILES string of the molecule is CNC(c1c(F)cc(F)cc1F)c1cccc2ccsc12. The van der Waals surface area contributed by atoms with Crippen LogP contribution in [0, 0.1) is 17.5 Å². The molecule has 0 fully saturated rings. The highest BCUT2D eigenvalue weighted by atomic mass is 32.1. The normalized spacial score (nSPS) is 12.8. The molecule has 0 bridgehead atoms. The predicted molar refractivity (Wildman–Crippen MR) is 79.0 cm³/mol. The lowest BCUT2D eigenvalue weighted by molar-refractivity contribution is 0.501. The molecule has 0 aliphatic carbocycles. The first-order chi connectivity index (χ1) is 10.1. The Morgan fingerprint density at radius 3 is 2.43 bits per heavy atom. The first-order valence-electron chi connectivity index (χ1n) is 6.39. The summed E-state index contributed by atoms with van der Waals surface area (Å²) in [5.74, 6) is -2.70. The number of benzene rings is 2. The average Bonchev–Trinajstić information content (AvgIpc) is 2.91. The number of rotatable bonds is 3. The van der Waals surface area contributed by atoms with E-state index in [1.165, 1.54) is 11.3 Å². The van der Waals surface area contributed by atoms with Crippen LogP contribution in [0.3, 0.4) is 0 Å². The maximum Gasteiger partial charge on any atom is 0.134 e. The van der Waals surface area contributed by atoms with Crippen LogP contribution in [-0.2, 0) is 0 Å². The van der Waals surface area contributed by atoms with Crippen molar-refractivity contribution < 1.29 is 13.2 Å². The van der Waals surface area contributed by atoms with Gasteiger partial charge in [-0.25, -0.2) is 13.2 Å². The van der Waals surface area contributed by atoms with Crippen LogP contribution in [0.15, 0.2) is 41.8 Å². The van der Waals surface area contributed by atoms with Crippen LogP contribution in [0.4, 0.5) is 13.2 Å².